The van der Waals surface area contributed by atoms with Gasteiger partial charge in [-0.3, -0.25) is 0 Å². The molecule has 0 bridgehead atoms. The Morgan fingerprint density at radius 1 is 1.09 bits per heavy atom. The lowest BCUT2D eigenvalue weighted by Gasteiger charge is -2.21. The van der Waals surface area contributed by atoms with Crippen LogP contribution in [0, 0.1) is 22.6 Å². The van der Waals surface area contributed by atoms with E-state index in [-0.39, 0.29) is 31.5 Å². The molecular weight excluding hydrogens is 411 g/mol. The summed E-state index contributed by atoms with van der Waals surface area (Å²) in [4.78, 5) is 11.6. The molecule has 158 valence electrons. The van der Waals surface area contributed by atoms with Gasteiger partial charge in [-0.1, -0.05) is 36.1 Å². The molecule has 3 aromatic carbocycles. The standard InChI is InChI=1S/C25H17FN2O4/c26-20-11-18(24-19(12-20)14-31-15-32-24)13-28-21-8-4-7-17(22(21)23(27-30)25(28)29)10-9-16-5-2-1-3-6-16/h1-8,11-12,29H,13-15H2. The Hall–Kier alpha value is -4.15. The number of rotatable bonds is 3. The van der Waals surface area contributed by atoms with Crippen LogP contribution >= 0.6 is 0 Å². The van der Waals surface area contributed by atoms with Gasteiger partial charge in [-0.15, -0.1) is 4.91 Å². The molecule has 6 nitrogen and oxygen atoms in total. The Kier molecular flexibility index (Phi) is 5.06. The van der Waals surface area contributed by atoms with E-state index < -0.39 is 5.82 Å². The van der Waals surface area contributed by atoms with E-state index in [2.05, 4.69) is 17.0 Å². The number of nitrogens with zero attached hydrogens (tertiary/aromatic N) is 2. The van der Waals surface area contributed by atoms with Gasteiger partial charge in [0.05, 0.1) is 18.7 Å². The van der Waals surface area contributed by atoms with E-state index in [0.717, 1.165) is 5.56 Å². The molecule has 0 saturated heterocycles. The number of hydrogen-bond acceptors (Lipinski definition) is 5. The Bertz CT molecular complexity index is 1400. The van der Waals surface area contributed by atoms with Gasteiger partial charge >= 0.3 is 0 Å². The van der Waals surface area contributed by atoms with Gasteiger partial charge in [0.2, 0.25) is 5.88 Å². The highest BCUT2D eigenvalue weighted by molar-refractivity contribution is 5.99. The van der Waals surface area contributed by atoms with Crippen molar-refractivity contribution in [3.8, 4) is 23.5 Å². The molecule has 0 saturated carbocycles. The first-order valence-electron chi connectivity index (χ1n) is 9.92. The van der Waals surface area contributed by atoms with Crippen LogP contribution in [0.4, 0.5) is 10.1 Å². The summed E-state index contributed by atoms with van der Waals surface area (Å²) in [6, 6.07) is 17.5. The molecular formula is C25H17FN2O4. The van der Waals surface area contributed by atoms with Crippen molar-refractivity contribution in [2.45, 2.75) is 13.2 Å². The SMILES string of the molecule is O=Nc1c(O)n(Cc2cc(F)cc3c2OCOC3)c2cccc(C#Cc3ccccc3)c12. The van der Waals surface area contributed by atoms with Gasteiger partial charge in [-0.05, 0) is 41.6 Å². The lowest BCUT2D eigenvalue weighted by Crippen LogP contribution is -2.14. The molecule has 0 fully saturated rings. The fourth-order valence-corrected chi connectivity index (χ4v) is 3.92. The molecule has 1 N–H and O–H groups in total. The third-order valence-electron chi connectivity index (χ3n) is 5.32. The highest BCUT2D eigenvalue weighted by Crippen LogP contribution is 2.41. The van der Waals surface area contributed by atoms with E-state index in [9.17, 15) is 14.4 Å². The van der Waals surface area contributed by atoms with E-state index in [1.807, 2.05) is 30.3 Å². The van der Waals surface area contributed by atoms with Crippen LogP contribution in [0.3, 0.4) is 0 Å². The van der Waals surface area contributed by atoms with Crippen molar-refractivity contribution in [3.63, 3.8) is 0 Å². The predicted octanol–water partition coefficient (Wildman–Crippen LogP) is 5.20. The monoisotopic (exact) mass is 428 g/mol. The summed E-state index contributed by atoms with van der Waals surface area (Å²) in [5, 5.41) is 14.3. The number of aromatic hydroxyl groups is 1. The van der Waals surface area contributed by atoms with Crippen LogP contribution in [0.15, 0.2) is 65.8 Å². The average Bonchev–Trinajstić information content (AvgIpc) is 3.09. The number of benzene rings is 3. The van der Waals surface area contributed by atoms with E-state index in [0.29, 0.717) is 33.3 Å². The topological polar surface area (TPSA) is 73.0 Å². The average molecular weight is 428 g/mol. The van der Waals surface area contributed by atoms with E-state index >= 15 is 0 Å². The molecule has 1 aliphatic rings. The molecule has 0 amide bonds. The summed E-state index contributed by atoms with van der Waals surface area (Å²) in [5.41, 5.74) is 2.94. The fourth-order valence-electron chi connectivity index (χ4n) is 3.92. The molecule has 0 spiro atoms. The molecule has 0 radical (unpaired) electrons. The number of halogens is 1. The van der Waals surface area contributed by atoms with E-state index in [1.165, 1.54) is 16.7 Å². The fraction of sp³-hybridized carbons (Fsp3) is 0.120. The highest BCUT2D eigenvalue weighted by atomic mass is 19.1. The third kappa shape index (κ3) is 3.47. The number of nitroso groups, excluding NO2 is 1. The normalized spacial score (nSPS) is 12.5. The molecule has 0 aliphatic carbocycles. The van der Waals surface area contributed by atoms with Gasteiger partial charge in [0.25, 0.3) is 0 Å². The number of hydrogen-bond donors (Lipinski definition) is 1. The molecule has 5 rings (SSSR count). The summed E-state index contributed by atoms with van der Waals surface area (Å²) in [6.45, 7) is 0.372. The largest absolute Gasteiger partial charge is 0.493 e. The lowest BCUT2D eigenvalue weighted by atomic mass is 10.1. The van der Waals surface area contributed by atoms with E-state index in [4.69, 9.17) is 9.47 Å². The van der Waals surface area contributed by atoms with Crippen LogP contribution in [0.2, 0.25) is 0 Å². The minimum absolute atomic E-state index is 0.0599. The van der Waals surface area contributed by atoms with Gasteiger partial charge in [0.15, 0.2) is 12.5 Å². The molecule has 32 heavy (non-hydrogen) atoms. The highest BCUT2D eigenvalue weighted by Gasteiger charge is 2.23. The Labute approximate surface area is 182 Å². The zero-order valence-corrected chi connectivity index (χ0v) is 16.8. The zero-order valence-electron chi connectivity index (χ0n) is 16.8. The smallest absolute Gasteiger partial charge is 0.222 e. The van der Waals surface area contributed by atoms with Crippen LogP contribution in [0.5, 0.6) is 11.6 Å². The van der Waals surface area contributed by atoms with Crippen molar-refractivity contribution in [3.05, 3.63) is 93.6 Å². The first-order chi connectivity index (χ1) is 15.7. The molecule has 1 aliphatic heterocycles. The van der Waals surface area contributed by atoms with Gasteiger partial charge in [-0.25, -0.2) is 4.39 Å². The van der Waals surface area contributed by atoms with Crippen LogP contribution < -0.4 is 4.74 Å². The summed E-state index contributed by atoms with van der Waals surface area (Å²) in [7, 11) is 0. The van der Waals surface area contributed by atoms with Crippen molar-refractivity contribution in [1.82, 2.24) is 4.57 Å². The third-order valence-corrected chi connectivity index (χ3v) is 5.32. The maximum Gasteiger partial charge on any atom is 0.222 e. The minimum atomic E-state index is -0.438. The number of fused-ring (bicyclic) bond motifs is 2. The maximum absolute atomic E-state index is 14.2. The summed E-state index contributed by atoms with van der Waals surface area (Å²) in [5.74, 6) is 5.90. The molecule has 1 aromatic heterocycles. The second kappa shape index (κ2) is 8.17. The van der Waals surface area contributed by atoms with Gasteiger partial charge in [-0.2, -0.15) is 0 Å². The maximum atomic E-state index is 14.2. The second-order valence-electron chi connectivity index (χ2n) is 7.33. The quantitative estimate of drug-likeness (QED) is 0.360. The summed E-state index contributed by atoms with van der Waals surface area (Å²) in [6.07, 6.45) is 0. The second-order valence-corrected chi connectivity index (χ2v) is 7.33. The first-order valence-corrected chi connectivity index (χ1v) is 9.92. The number of ether oxygens (including phenoxy) is 2. The van der Waals surface area contributed by atoms with Crippen LogP contribution in [-0.4, -0.2) is 16.5 Å². The number of aromatic nitrogens is 1. The summed E-state index contributed by atoms with van der Waals surface area (Å²) < 4.78 is 26.5. The lowest BCUT2D eigenvalue weighted by molar-refractivity contribution is -0.0173. The van der Waals surface area contributed by atoms with Crippen LogP contribution in [0.25, 0.3) is 10.9 Å². The zero-order chi connectivity index (χ0) is 22.1. The minimum Gasteiger partial charge on any atom is -0.493 e. The molecule has 0 atom stereocenters. The van der Waals surface area contributed by atoms with Crippen molar-refractivity contribution in [1.29, 1.82) is 0 Å². The summed E-state index contributed by atoms with van der Waals surface area (Å²) >= 11 is 0. The van der Waals surface area contributed by atoms with Crippen LogP contribution in [0.1, 0.15) is 22.3 Å². The van der Waals surface area contributed by atoms with Gasteiger partial charge in [0.1, 0.15) is 11.6 Å². The van der Waals surface area contributed by atoms with E-state index in [1.54, 1.807) is 18.2 Å². The molecule has 0 unspecified atom stereocenters. The predicted molar refractivity (Wildman–Crippen MR) is 117 cm³/mol. The van der Waals surface area contributed by atoms with Gasteiger partial charge < -0.3 is 19.1 Å². The van der Waals surface area contributed by atoms with Crippen molar-refractivity contribution >= 4 is 16.6 Å². The Morgan fingerprint density at radius 2 is 1.94 bits per heavy atom. The van der Waals surface area contributed by atoms with Crippen molar-refractivity contribution in [2.75, 3.05) is 6.79 Å². The van der Waals surface area contributed by atoms with Crippen LogP contribution in [-0.2, 0) is 17.9 Å². The molecule has 7 heteroatoms. The van der Waals surface area contributed by atoms with Gasteiger partial charge in [0, 0.05) is 27.6 Å². The molecule has 4 aromatic rings. The van der Waals surface area contributed by atoms with Crippen molar-refractivity contribution in [2.24, 2.45) is 5.18 Å². The van der Waals surface area contributed by atoms with Crippen molar-refractivity contribution < 1.29 is 19.0 Å². The molecule has 2 heterocycles. The first kappa shape index (κ1) is 19.8. The Balaban J connectivity index is 1.65. The Morgan fingerprint density at radius 3 is 2.75 bits per heavy atom.